The predicted molar refractivity (Wildman–Crippen MR) is 68.7 cm³/mol. The van der Waals surface area contributed by atoms with Crippen molar-refractivity contribution >= 4 is 0 Å². The van der Waals surface area contributed by atoms with Crippen LogP contribution in [0.1, 0.15) is 25.0 Å². The quantitative estimate of drug-likeness (QED) is 0.858. The molecule has 90 valence electrons. The Morgan fingerprint density at radius 1 is 1.18 bits per heavy atom. The minimum Gasteiger partial charge on any atom is -0.356 e. The number of benzene rings is 1. The highest BCUT2D eigenvalue weighted by molar-refractivity contribution is 5.60. The van der Waals surface area contributed by atoms with E-state index in [0.29, 0.717) is 0 Å². The molecule has 0 saturated carbocycles. The third-order valence-electron chi connectivity index (χ3n) is 2.83. The van der Waals surface area contributed by atoms with Crippen LogP contribution in [0.15, 0.2) is 35.0 Å². The summed E-state index contributed by atoms with van der Waals surface area (Å²) in [5.74, 6) is 0.869. The fourth-order valence-corrected chi connectivity index (χ4v) is 1.78. The van der Waals surface area contributed by atoms with Crippen LogP contribution in [-0.2, 0) is 13.0 Å². The van der Waals surface area contributed by atoms with E-state index in [1.165, 1.54) is 5.56 Å². The Morgan fingerprint density at radius 2 is 1.94 bits per heavy atom. The molecular weight excluding hydrogens is 212 g/mol. The highest BCUT2D eigenvalue weighted by Gasteiger charge is 2.09. The van der Waals surface area contributed by atoms with Crippen LogP contribution in [0.4, 0.5) is 0 Å². The lowest BCUT2D eigenvalue weighted by Crippen LogP contribution is -2.11. The summed E-state index contributed by atoms with van der Waals surface area (Å²) in [6.45, 7) is 5.98. The smallest absolute Gasteiger partial charge is 0.171 e. The Bertz CT molecular complexity index is 459. The number of aryl methyl sites for hydroxylation is 1. The second-order valence-corrected chi connectivity index (χ2v) is 4.01. The highest BCUT2D eigenvalue weighted by atomic mass is 16.5. The molecule has 0 bridgehead atoms. The molecule has 0 spiro atoms. The summed E-state index contributed by atoms with van der Waals surface area (Å²) in [5.41, 5.74) is 3.53. The zero-order valence-corrected chi connectivity index (χ0v) is 10.4. The van der Waals surface area contributed by atoms with Crippen LogP contribution in [0.25, 0.3) is 11.3 Å². The lowest BCUT2D eigenvalue weighted by Gasteiger charge is -2.03. The van der Waals surface area contributed by atoms with Crippen molar-refractivity contribution in [1.29, 1.82) is 0 Å². The number of aromatic nitrogens is 1. The van der Waals surface area contributed by atoms with Gasteiger partial charge >= 0.3 is 0 Å². The molecular formula is C14H18N2O. The number of hydrogen-bond donors (Lipinski definition) is 1. The normalized spacial score (nSPS) is 10.7. The molecule has 0 aliphatic rings. The maximum absolute atomic E-state index is 5.33. The summed E-state index contributed by atoms with van der Waals surface area (Å²) >= 11 is 0. The highest BCUT2D eigenvalue weighted by Crippen LogP contribution is 2.23. The van der Waals surface area contributed by atoms with Gasteiger partial charge in [0.1, 0.15) is 0 Å². The van der Waals surface area contributed by atoms with E-state index in [4.69, 9.17) is 4.52 Å². The molecule has 1 aromatic carbocycles. The van der Waals surface area contributed by atoms with Crippen molar-refractivity contribution < 1.29 is 4.52 Å². The van der Waals surface area contributed by atoms with E-state index in [9.17, 15) is 0 Å². The SMILES string of the molecule is CCNCc1cnoc1-c1ccc(CC)cc1. The first-order chi connectivity index (χ1) is 8.35. The van der Waals surface area contributed by atoms with Crippen molar-refractivity contribution in [3.05, 3.63) is 41.6 Å². The van der Waals surface area contributed by atoms with Gasteiger partial charge in [-0.05, 0) is 18.5 Å². The van der Waals surface area contributed by atoms with E-state index >= 15 is 0 Å². The second kappa shape index (κ2) is 5.64. The molecule has 0 radical (unpaired) electrons. The molecule has 0 saturated heterocycles. The van der Waals surface area contributed by atoms with Gasteiger partial charge in [0.15, 0.2) is 5.76 Å². The van der Waals surface area contributed by atoms with Gasteiger partial charge in [-0.2, -0.15) is 0 Å². The molecule has 0 aliphatic heterocycles. The van der Waals surface area contributed by atoms with Gasteiger partial charge in [-0.25, -0.2) is 0 Å². The van der Waals surface area contributed by atoms with Crippen LogP contribution in [0.5, 0.6) is 0 Å². The van der Waals surface area contributed by atoms with Gasteiger partial charge in [-0.15, -0.1) is 0 Å². The standard InChI is InChI=1S/C14H18N2O/c1-3-11-5-7-12(8-6-11)14-13(9-15-4-2)10-16-17-14/h5-8,10,15H,3-4,9H2,1-2H3. The maximum Gasteiger partial charge on any atom is 0.171 e. The van der Waals surface area contributed by atoms with Crippen molar-refractivity contribution in [3.63, 3.8) is 0 Å². The zero-order valence-electron chi connectivity index (χ0n) is 10.4. The molecule has 0 fully saturated rings. The number of nitrogens with zero attached hydrogens (tertiary/aromatic N) is 1. The third-order valence-corrected chi connectivity index (χ3v) is 2.83. The van der Waals surface area contributed by atoms with Crippen molar-refractivity contribution in [3.8, 4) is 11.3 Å². The van der Waals surface area contributed by atoms with Crippen LogP contribution in [0, 0.1) is 0 Å². The van der Waals surface area contributed by atoms with Crippen LogP contribution >= 0.6 is 0 Å². The van der Waals surface area contributed by atoms with Crippen molar-refractivity contribution in [2.45, 2.75) is 26.8 Å². The van der Waals surface area contributed by atoms with Crippen LogP contribution in [0.3, 0.4) is 0 Å². The predicted octanol–water partition coefficient (Wildman–Crippen LogP) is 3.01. The molecule has 1 N–H and O–H groups in total. The van der Waals surface area contributed by atoms with Gasteiger partial charge in [0.25, 0.3) is 0 Å². The largest absolute Gasteiger partial charge is 0.356 e. The summed E-state index contributed by atoms with van der Waals surface area (Å²) in [6, 6.07) is 8.45. The third kappa shape index (κ3) is 2.74. The summed E-state index contributed by atoms with van der Waals surface area (Å²) < 4.78 is 5.33. The van der Waals surface area contributed by atoms with Crippen molar-refractivity contribution in [1.82, 2.24) is 10.5 Å². The lowest BCUT2D eigenvalue weighted by atomic mass is 10.1. The van der Waals surface area contributed by atoms with Gasteiger partial charge in [0, 0.05) is 17.7 Å². The molecule has 17 heavy (non-hydrogen) atoms. The first kappa shape index (κ1) is 11.9. The van der Waals surface area contributed by atoms with E-state index in [2.05, 4.69) is 48.6 Å². The zero-order chi connectivity index (χ0) is 12.1. The second-order valence-electron chi connectivity index (χ2n) is 4.01. The lowest BCUT2D eigenvalue weighted by molar-refractivity contribution is 0.431. The van der Waals surface area contributed by atoms with Crippen molar-refractivity contribution in [2.75, 3.05) is 6.54 Å². The minimum atomic E-state index is 0.796. The van der Waals surface area contributed by atoms with Gasteiger partial charge < -0.3 is 9.84 Å². The van der Waals surface area contributed by atoms with Crippen LogP contribution in [-0.4, -0.2) is 11.7 Å². The monoisotopic (exact) mass is 230 g/mol. The van der Waals surface area contributed by atoms with E-state index in [1.54, 1.807) is 6.20 Å². The number of hydrogen-bond acceptors (Lipinski definition) is 3. The van der Waals surface area contributed by atoms with Crippen LogP contribution in [0.2, 0.25) is 0 Å². The Labute approximate surface area is 102 Å². The molecule has 3 nitrogen and oxygen atoms in total. The fraction of sp³-hybridized carbons (Fsp3) is 0.357. The summed E-state index contributed by atoms with van der Waals surface area (Å²) in [7, 11) is 0. The van der Waals surface area contributed by atoms with E-state index in [1.807, 2.05) is 0 Å². The molecule has 0 atom stereocenters. The van der Waals surface area contributed by atoms with Crippen LogP contribution < -0.4 is 5.32 Å². The average Bonchev–Trinajstić information content (AvgIpc) is 2.84. The van der Waals surface area contributed by atoms with Crippen molar-refractivity contribution in [2.24, 2.45) is 0 Å². The molecule has 2 aromatic rings. The van der Waals surface area contributed by atoms with Gasteiger partial charge in [0.2, 0.25) is 0 Å². The van der Waals surface area contributed by atoms with Gasteiger partial charge in [-0.1, -0.05) is 43.3 Å². The summed E-state index contributed by atoms with van der Waals surface area (Å²) in [6.07, 6.45) is 2.84. The van der Waals surface area contributed by atoms with Gasteiger partial charge in [-0.3, -0.25) is 0 Å². The Kier molecular flexibility index (Phi) is 3.94. The molecule has 2 rings (SSSR count). The molecule has 3 heteroatoms. The first-order valence-corrected chi connectivity index (χ1v) is 6.08. The Morgan fingerprint density at radius 3 is 2.59 bits per heavy atom. The maximum atomic E-state index is 5.33. The summed E-state index contributed by atoms with van der Waals surface area (Å²) in [5, 5.41) is 7.16. The summed E-state index contributed by atoms with van der Waals surface area (Å²) in [4.78, 5) is 0. The molecule has 1 aromatic heterocycles. The Hall–Kier alpha value is -1.61. The van der Waals surface area contributed by atoms with E-state index in [-0.39, 0.29) is 0 Å². The molecule has 0 unspecified atom stereocenters. The first-order valence-electron chi connectivity index (χ1n) is 6.08. The molecule has 0 aliphatic carbocycles. The molecule has 1 heterocycles. The minimum absolute atomic E-state index is 0.796. The topological polar surface area (TPSA) is 38.1 Å². The van der Waals surface area contributed by atoms with Gasteiger partial charge in [0.05, 0.1) is 6.20 Å². The fourth-order valence-electron chi connectivity index (χ4n) is 1.78. The van der Waals surface area contributed by atoms with E-state index in [0.717, 1.165) is 36.4 Å². The molecule has 0 amide bonds. The van der Waals surface area contributed by atoms with E-state index < -0.39 is 0 Å². The number of nitrogens with one attached hydrogen (secondary N) is 1. The number of rotatable bonds is 5. The Balaban J connectivity index is 2.23. The average molecular weight is 230 g/mol.